The normalized spacial score (nSPS) is 14.3. The zero-order chi connectivity index (χ0) is 16.4. The van der Waals surface area contributed by atoms with E-state index in [1.165, 1.54) is 11.3 Å². The van der Waals surface area contributed by atoms with Crippen molar-refractivity contribution in [2.45, 2.75) is 19.4 Å². The molecule has 0 saturated carbocycles. The van der Waals surface area contributed by atoms with Gasteiger partial charge in [0.2, 0.25) is 5.88 Å². The monoisotopic (exact) mass is 347 g/mol. The van der Waals surface area contributed by atoms with E-state index in [1.54, 1.807) is 17.0 Å². The van der Waals surface area contributed by atoms with Gasteiger partial charge in [-0.2, -0.15) is 0 Å². The van der Waals surface area contributed by atoms with Gasteiger partial charge in [-0.05, 0) is 36.8 Å². The van der Waals surface area contributed by atoms with Gasteiger partial charge in [-0.3, -0.25) is 9.36 Å². The predicted octanol–water partition coefficient (Wildman–Crippen LogP) is 3.50. The minimum atomic E-state index is -0.861. The summed E-state index contributed by atoms with van der Waals surface area (Å²) in [7, 11) is 0. The molecule has 3 rings (SSSR count). The first-order valence-electron chi connectivity index (χ1n) is 6.92. The summed E-state index contributed by atoms with van der Waals surface area (Å²) in [5, 5.41) is 19.0. The van der Waals surface area contributed by atoms with Crippen LogP contribution in [0.2, 0.25) is 0 Å². The summed E-state index contributed by atoms with van der Waals surface area (Å²) >= 11 is 6.54. The van der Waals surface area contributed by atoms with Gasteiger partial charge in [-0.15, -0.1) is 11.3 Å². The number of aromatic nitrogens is 2. The molecule has 3 heterocycles. The molecule has 0 fully saturated rings. The molecule has 2 aromatic rings. The standard InChI is InChI=1S/C15H13N3O3S2/c19-12(20)4-2-6-18-14(21)11(23-15(18)22)7-9-8-17-13-10(9)3-1-5-16-13/h1,3,5,7-8,21H,2,4,6H2,(H,19,20)/b9-7-. The van der Waals surface area contributed by atoms with Crippen LogP contribution >= 0.6 is 23.6 Å². The van der Waals surface area contributed by atoms with Crippen molar-refractivity contribution in [3.05, 3.63) is 32.7 Å². The number of aliphatic imine (C=N–C) groups is 1. The van der Waals surface area contributed by atoms with Crippen molar-refractivity contribution in [2.24, 2.45) is 4.99 Å². The molecular formula is C15H13N3O3S2. The highest BCUT2D eigenvalue weighted by Gasteiger charge is 2.16. The van der Waals surface area contributed by atoms with Gasteiger partial charge in [0, 0.05) is 36.5 Å². The van der Waals surface area contributed by atoms with Crippen molar-refractivity contribution >= 4 is 53.2 Å². The van der Waals surface area contributed by atoms with E-state index < -0.39 is 5.97 Å². The second-order valence-corrected chi connectivity index (χ2v) is 6.61. The van der Waals surface area contributed by atoms with E-state index >= 15 is 0 Å². The van der Waals surface area contributed by atoms with E-state index in [4.69, 9.17) is 17.3 Å². The van der Waals surface area contributed by atoms with E-state index in [9.17, 15) is 9.90 Å². The van der Waals surface area contributed by atoms with E-state index in [2.05, 4.69) is 9.98 Å². The summed E-state index contributed by atoms with van der Waals surface area (Å²) in [6, 6.07) is 3.75. The first-order valence-corrected chi connectivity index (χ1v) is 8.14. The third-order valence-corrected chi connectivity index (χ3v) is 4.76. The Morgan fingerprint density at radius 1 is 1.48 bits per heavy atom. The lowest BCUT2D eigenvalue weighted by molar-refractivity contribution is -0.137. The van der Waals surface area contributed by atoms with Crippen LogP contribution in [0.15, 0.2) is 23.3 Å². The van der Waals surface area contributed by atoms with Crippen LogP contribution in [0.3, 0.4) is 0 Å². The third-order valence-electron chi connectivity index (χ3n) is 3.38. The second-order valence-electron chi connectivity index (χ2n) is 4.94. The molecule has 23 heavy (non-hydrogen) atoms. The van der Waals surface area contributed by atoms with Crippen LogP contribution in [-0.4, -0.2) is 31.9 Å². The van der Waals surface area contributed by atoms with Gasteiger partial charge in [0.15, 0.2) is 9.77 Å². The van der Waals surface area contributed by atoms with Crippen molar-refractivity contribution in [2.75, 3.05) is 0 Å². The van der Waals surface area contributed by atoms with Crippen molar-refractivity contribution < 1.29 is 15.0 Å². The summed E-state index contributed by atoms with van der Waals surface area (Å²) in [4.78, 5) is 19.6. The molecule has 2 aromatic heterocycles. The highest BCUT2D eigenvalue weighted by molar-refractivity contribution is 7.73. The zero-order valence-corrected chi connectivity index (χ0v) is 13.6. The summed E-state index contributed by atoms with van der Waals surface area (Å²) in [6.07, 6.45) is 5.66. The van der Waals surface area contributed by atoms with E-state index in [0.29, 0.717) is 27.6 Å². The number of rotatable bonds is 5. The maximum Gasteiger partial charge on any atom is 0.303 e. The molecule has 0 bridgehead atoms. The lowest BCUT2D eigenvalue weighted by atomic mass is 10.1. The molecule has 0 aliphatic carbocycles. The minimum absolute atomic E-state index is 0.0409. The molecule has 6 nitrogen and oxygen atoms in total. The Kier molecular flexibility index (Phi) is 4.35. The van der Waals surface area contributed by atoms with Crippen molar-refractivity contribution in [1.82, 2.24) is 9.55 Å². The lowest BCUT2D eigenvalue weighted by Crippen LogP contribution is -2.01. The summed E-state index contributed by atoms with van der Waals surface area (Å²) in [5.41, 5.74) is 1.76. The predicted molar refractivity (Wildman–Crippen MR) is 91.9 cm³/mol. The topological polar surface area (TPSA) is 87.7 Å². The maximum atomic E-state index is 10.6. The first-order chi connectivity index (χ1) is 11.1. The average Bonchev–Trinajstić information content (AvgIpc) is 3.04. The molecule has 2 N–H and O–H groups in total. The van der Waals surface area contributed by atoms with Crippen LogP contribution in [-0.2, 0) is 11.3 Å². The fraction of sp³-hybridized carbons (Fsp3) is 0.200. The average molecular weight is 347 g/mol. The number of thiazole rings is 1. The highest BCUT2D eigenvalue weighted by Crippen LogP contribution is 2.34. The van der Waals surface area contributed by atoms with Crippen LogP contribution in [0, 0.1) is 3.95 Å². The Morgan fingerprint density at radius 2 is 2.30 bits per heavy atom. The van der Waals surface area contributed by atoms with Crippen LogP contribution in [0.4, 0.5) is 5.82 Å². The van der Waals surface area contributed by atoms with Crippen molar-refractivity contribution in [3.8, 4) is 5.88 Å². The lowest BCUT2D eigenvalue weighted by Gasteiger charge is -2.03. The molecule has 1 aliphatic rings. The zero-order valence-electron chi connectivity index (χ0n) is 12.0. The quantitative estimate of drug-likeness (QED) is 0.808. The van der Waals surface area contributed by atoms with Crippen LogP contribution in [0.25, 0.3) is 11.6 Å². The number of hydrogen-bond acceptors (Lipinski definition) is 6. The fourth-order valence-electron chi connectivity index (χ4n) is 2.28. The SMILES string of the molecule is O=C(O)CCCn1c(O)c(/C=C2/C=Nc3ncccc32)sc1=S. The Morgan fingerprint density at radius 3 is 3.09 bits per heavy atom. The van der Waals surface area contributed by atoms with Crippen LogP contribution in [0.5, 0.6) is 5.88 Å². The number of nitrogens with zero attached hydrogens (tertiary/aromatic N) is 3. The Labute approximate surface area is 141 Å². The largest absolute Gasteiger partial charge is 0.493 e. The molecule has 1 aliphatic heterocycles. The summed E-state index contributed by atoms with van der Waals surface area (Å²) in [5.74, 6) is -0.147. The number of carbonyl (C=O) groups is 1. The minimum Gasteiger partial charge on any atom is -0.493 e. The number of allylic oxidation sites excluding steroid dienone is 1. The molecule has 0 amide bonds. The number of carboxylic acid groups (broad SMARTS) is 1. The van der Waals surface area contributed by atoms with Gasteiger partial charge >= 0.3 is 5.97 Å². The van der Waals surface area contributed by atoms with Gasteiger partial charge in [0.05, 0.1) is 4.88 Å². The molecule has 118 valence electrons. The smallest absolute Gasteiger partial charge is 0.303 e. The first kappa shape index (κ1) is 15.6. The highest BCUT2D eigenvalue weighted by atomic mass is 32.1. The summed E-state index contributed by atoms with van der Waals surface area (Å²) in [6.45, 7) is 0.378. The maximum absolute atomic E-state index is 10.6. The van der Waals surface area contributed by atoms with Crippen LogP contribution in [0.1, 0.15) is 23.3 Å². The van der Waals surface area contributed by atoms with E-state index in [-0.39, 0.29) is 12.3 Å². The molecule has 0 unspecified atom stereocenters. The van der Waals surface area contributed by atoms with Crippen molar-refractivity contribution in [1.29, 1.82) is 0 Å². The van der Waals surface area contributed by atoms with Gasteiger partial charge in [0.25, 0.3) is 0 Å². The third kappa shape index (κ3) is 3.22. The van der Waals surface area contributed by atoms with Gasteiger partial charge in [0.1, 0.15) is 0 Å². The van der Waals surface area contributed by atoms with Crippen molar-refractivity contribution in [3.63, 3.8) is 0 Å². The molecule has 0 aromatic carbocycles. The molecular weight excluding hydrogens is 334 g/mol. The number of fused-ring (bicyclic) bond motifs is 1. The van der Waals surface area contributed by atoms with Crippen LogP contribution < -0.4 is 0 Å². The van der Waals surface area contributed by atoms with E-state index in [0.717, 1.165) is 11.1 Å². The van der Waals surface area contributed by atoms with Gasteiger partial charge < -0.3 is 10.2 Å². The molecule has 0 spiro atoms. The summed E-state index contributed by atoms with van der Waals surface area (Å²) < 4.78 is 2.08. The van der Waals surface area contributed by atoms with Gasteiger partial charge in [-0.25, -0.2) is 9.98 Å². The number of carboxylic acids is 1. The second kappa shape index (κ2) is 6.43. The molecule has 0 atom stereocenters. The van der Waals surface area contributed by atoms with E-state index in [1.807, 2.05) is 18.2 Å². The number of aromatic hydroxyl groups is 1. The fourth-order valence-corrected chi connectivity index (χ4v) is 3.59. The Bertz CT molecular complexity index is 880. The molecule has 8 heteroatoms. The number of pyridine rings is 1. The molecule has 0 radical (unpaired) electrons. The Balaban J connectivity index is 1.88. The molecule has 0 saturated heterocycles. The number of hydrogen-bond donors (Lipinski definition) is 2. The number of aliphatic carboxylic acids is 1. The van der Waals surface area contributed by atoms with Gasteiger partial charge in [-0.1, -0.05) is 0 Å². The Hall–Kier alpha value is -2.32.